The number of nitrogens with zero attached hydrogens (tertiary/aromatic N) is 2. The highest BCUT2D eigenvalue weighted by Gasteiger charge is 2.07. The Morgan fingerprint density at radius 2 is 1.95 bits per heavy atom. The second kappa shape index (κ2) is 4.61. The summed E-state index contributed by atoms with van der Waals surface area (Å²) in [6.07, 6.45) is 5.12. The Balaban J connectivity index is 2.24. The molecule has 2 aromatic heterocycles. The van der Waals surface area contributed by atoms with Crippen LogP contribution in [0.1, 0.15) is 17.3 Å². The third-order valence-electron chi connectivity index (χ3n) is 3.09. The number of hydrogen-bond donors (Lipinski definition) is 0. The van der Waals surface area contributed by atoms with Crippen LogP contribution < -0.4 is 0 Å². The number of carbonyl (C=O) groups is 1. The molecular weight excluding hydrogens is 236 g/mol. The summed E-state index contributed by atoms with van der Waals surface area (Å²) >= 11 is 0. The normalized spacial score (nSPS) is 10.6. The number of pyridine rings is 2. The summed E-state index contributed by atoms with van der Waals surface area (Å²) in [6.45, 7) is 1.54. The molecule has 0 unspecified atom stereocenters. The molecule has 0 saturated heterocycles. The van der Waals surface area contributed by atoms with Gasteiger partial charge in [-0.05, 0) is 19.1 Å². The van der Waals surface area contributed by atoms with Crippen LogP contribution in [0.5, 0.6) is 0 Å². The summed E-state index contributed by atoms with van der Waals surface area (Å²) in [6, 6.07) is 11.8. The smallest absolute Gasteiger partial charge is 0.161 e. The number of aromatic nitrogens is 2. The van der Waals surface area contributed by atoms with Gasteiger partial charge >= 0.3 is 0 Å². The van der Waals surface area contributed by atoms with Gasteiger partial charge in [-0.3, -0.25) is 14.8 Å². The number of benzene rings is 1. The number of rotatable bonds is 2. The molecule has 3 rings (SSSR count). The highest BCUT2D eigenvalue weighted by atomic mass is 16.1. The second-order valence-electron chi connectivity index (χ2n) is 4.40. The molecule has 1 aromatic carbocycles. The topological polar surface area (TPSA) is 42.9 Å². The highest BCUT2D eigenvalue weighted by molar-refractivity contribution is 5.97. The van der Waals surface area contributed by atoms with Crippen molar-refractivity contribution in [3.63, 3.8) is 0 Å². The van der Waals surface area contributed by atoms with E-state index < -0.39 is 0 Å². The lowest BCUT2D eigenvalue weighted by Gasteiger charge is -2.06. The van der Waals surface area contributed by atoms with Crippen LogP contribution in [0.3, 0.4) is 0 Å². The van der Waals surface area contributed by atoms with Gasteiger partial charge in [-0.15, -0.1) is 0 Å². The van der Waals surface area contributed by atoms with Gasteiger partial charge in [0.1, 0.15) is 0 Å². The van der Waals surface area contributed by atoms with Crippen molar-refractivity contribution in [2.24, 2.45) is 0 Å². The van der Waals surface area contributed by atoms with Crippen molar-refractivity contribution in [1.82, 2.24) is 9.97 Å². The number of carbonyl (C=O) groups excluding carboxylic acids is 1. The van der Waals surface area contributed by atoms with Crippen molar-refractivity contribution in [1.29, 1.82) is 0 Å². The van der Waals surface area contributed by atoms with Crippen LogP contribution in [0, 0.1) is 0 Å². The molecule has 0 fully saturated rings. The van der Waals surface area contributed by atoms with E-state index in [2.05, 4.69) is 9.97 Å². The fourth-order valence-electron chi connectivity index (χ4n) is 2.12. The zero-order valence-electron chi connectivity index (χ0n) is 10.5. The first-order chi connectivity index (χ1) is 9.25. The quantitative estimate of drug-likeness (QED) is 0.652. The van der Waals surface area contributed by atoms with Gasteiger partial charge in [0.15, 0.2) is 5.78 Å². The Hall–Kier alpha value is -2.55. The summed E-state index contributed by atoms with van der Waals surface area (Å²) in [5, 5.41) is 1.08. The Bertz CT molecular complexity index is 760. The molecule has 0 atom stereocenters. The molecule has 3 aromatic rings. The molecule has 0 saturated carbocycles. The van der Waals surface area contributed by atoms with E-state index in [0.717, 1.165) is 22.0 Å². The average molecular weight is 248 g/mol. The van der Waals surface area contributed by atoms with E-state index in [4.69, 9.17) is 0 Å². The molecule has 0 aliphatic rings. The van der Waals surface area contributed by atoms with Gasteiger partial charge in [-0.1, -0.05) is 24.3 Å². The third kappa shape index (κ3) is 2.10. The summed E-state index contributed by atoms with van der Waals surface area (Å²) in [4.78, 5) is 20.0. The zero-order chi connectivity index (χ0) is 13.2. The lowest BCUT2D eigenvalue weighted by atomic mass is 10.0. The highest BCUT2D eigenvalue weighted by Crippen LogP contribution is 2.26. The van der Waals surface area contributed by atoms with E-state index in [0.29, 0.717) is 5.56 Å². The monoisotopic (exact) mass is 248 g/mol. The van der Waals surface area contributed by atoms with Crippen LogP contribution in [-0.2, 0) is 0 Å². The molecule has 0 spiro atoms. The molecule has 19 heavy (non-hydrogen) atoms. The van der Waals surface area contributed by atoms with Crippen molar-refractivity contribution >= 4 is 16.7 Å². The van der Waals surface area contributed by atoms with Crippen molar-refractivity contribution < 1.29 is 4.79 Å². The van der Waals surface area contributed by atoms with Gasteiger partial charge in [-0.2, -0.15) is 0 Å². The van der Waals surface area contributed by atoms with Crippen LogP contribution >= 0.6 is 0 Å². The maximum Gasteiger partial charge on any atom is 0.161 e. The Morgan fingerprint density at radius 1 is 1.11 bits per heavy atom. The molecule has 92 valence electrons. The van der Waals surface area contributed by atoms with Gasteiger partial charge in [0.05, 0.1) is 5.52 Å². The lowest BCUT2D eigenvalue weighted by molar-refractivity contribution is 0.101. The van der Waals surface area contributed by atoms with E-state index in [9.17, 15) is 4.79 Å². The van der Waals surface area contributed by atoms with Crippen LogP contribution in [0.15, 0.2) is 55.0 Å². The van der Waals surface area contributed by atoms with Crippen molar-refractivity contribution in [3.05, 3.63) is 60.6 Å². The summed E-state index contributed by atoms with van der Waals surface area (Å²) in [5.41, 5.74) is 3.45. The number of hydrogen-bond acceptors (Lipinski definition) is 3. The molecule has 0 radical (unpaired) electrons. The van der Waals surface area contributed by atoms with Crippen LogP contribution in [0.2, 0.25) is 0 Å². The number of para-hydroxylation sites is 1. The molecule has 0 amide bonds. The molecule has 3 nitrogen and oxygen atoms in total. The number of Topliss-reactive ketones (excluding diaryl/α,β-unsaturated/α-hetero) is 1. The number of ketones is 1. The SMILES string of the molecule is CC(=O)c1cncc(-c2cccc3cccnc23)c1. The Labute approximate surface area is 111 Å². The first-order valence-corrected chi connectivity index (χ1v) is 6.06. The van der Waals surface area contributed by atoms with Gasteiger partial charge in [0, 0.05) is 40.7 Å². The summed E-state index contributed by atoms with van der Waals surface area (Å²) in [7, 11) is 0. The fourth-order valence-corrected chi connectivity index (χ4v) is 2.12. The molecular formula is C16H12N2O. The van der Waals surface area contributed by atoms with Crippen LogP contribution in [-0.4, -0.2) is 15.8 Å². The first-order valence-electron chi connectivity index (χ1n) is 6.06. The minimum atomic E-state index is 0.0162. The van der Waals surface area contributed by atoms with Crippen molar-refractivity contribution in [2.45, 2.75) is 6.92 Å². The maximum atomic E-state index is 11.4. The average Bonchev–Trinajstić information content (AvgIpc) is 2.47. The van der Waals surface area contributed by atoms with Crippen molar-refractivity contribution in [3.8, 4) is 11.1 Å². The van der Waals surface area contributed by atoms with Gasteiger partial charge < -0.3 is 0 Å². The first kappa shape index (κ1) is 11.5. The standard InChI is InChI=1S/C16H12N2O/c1-11(19)13-8-14(10-17-9-13)15-6-2-4-12-5-3-7-18-16(12)15/h2-10H,1H3. The van der Waals surface area contributed by atoms with Crippen LogP contribution in [0.25, 0.3) is 22.0 Å². The van der Waals surface area contributed by atoms with Gasteiger partial charge in [0.25, 0.3) is 0 Å². The molecule has 0 N–H and O–H groups in total. The van der Waals surface area contributed by atoms with E-state index >= 15 is 0 Å². The predicted molar refractivity (Wildman–Crippen MR) is 75.0 cm³/mol. The Kier molecular flexibility index (Phi) is 2.80. The van der Waals surface area contributed by atoms with E-state index in [-0.39, 0.29) is 5.78 Å². The van der Waals surface area contributed by atoms with E-state index in [1.807, 2.05) is 36.4 Å². The minimum Gasteiger partial charge on any atom is -0.294 e. The molecule has 0 aliphatic heterocycles. The minimum absolute atomic E-state index is 0.0162. The van der Waals surface area contributed by atoms with Gasteiger partial charge in [-0.25, -0.2) is 0 Å². The molecule has 2 heterocycles. The van der Waals surface area contributed by atoms with Gasteiger partial charge in [0.2, 0.25) is 0 Å². The number of fused-ring (bicyclic) bond motifs is 1. The maximum absolute atomic E-state index is 11.4. The third-order valence-corrected chi connectivity index (χ3v) is 3.09. The fraction of sp³-hybridized carbons (Fsp3) is 0.0625. The van der Waals surface area contributed by atoms with E-state index in [1.54, 1.807) is 25.5 Å². The largest absolute Gasteiger partial charge is 0.294 e. The second-order valence-corrected chi connectivity index (χ2v) is 4.40. The van der Waals surface area contributed by atoms with E-state index in [1.165, 1.54) is 0 Å². The molecule has 0 bridgehead atoms. The summed E-state index contributed by atoms with van der Waals surface area (Å²) < 4.78 is 0. The Morgan fingerprint density at radius 3 is 2.79 bits per heavy atom. The lowest BCUT2D eigenvalue weighted by Crippen LogP contribution is -1.94. The van der Waals surface area contributed by atoms with Crippen LogP contribution in [0.4, 0.5) is 0 Å². The summed E-state index contributed by atoms with van der Waals surface area (Å²) in [5.74, 6) is 0.0162. The zero-order valence-corrected chi connectivity index (χ0v) is 10.5. The predicted octanol–water partition coefficient (Wildman–Crippen LogP) is 3.50. The van der Waals surface area contributed by atoms with Crippen molar-refractivity contribution in [2.75, 3.05) is 0 Å². The molecule has 0 aliphatic carbocycles. The molecule has 3 heteroatoms.